The van der Waals surface area contributed by atoms with E-state index in [2.05, 4.69) is 43.9 Å². The second kappa shape index (κ2) is 11.3. The normalized spacial score (nSPS) is 20.6. The van der Waals surface area contributed by atoms with Gasteiger partial charge in [-0.15, -0.1) is 0 Å². The van der Waals surface area contributed by atoms with Gasteiger partial charge in [0.2, 0.25) is 0 Å². The van der Waals surface area contributed by atoms with Crippen molar-refractivity contribution in [3.63, 3.8) is 0 Å². The van der Waals surface area contributed by atoms with E-state index in [1.807, 2.05) is 0 Å². The maximum Gasteiger partial charge on any atom is 0.253 e. The topological polar surface area (TPSA) is 134 Å². The quantitative estimate of drug-likeness (QED) is 0.255. The average molecular weight is 535 g/mol. The minimum absolute atomic E-state index is 0.122. The third-order valence-corrected chi connectivity index (χ3v) is 8.34. The highest BCUT2D eigenvalue weighted by Gasteiger charge is 2.26. The summed E-state index contributed by atoms with van der Waals surface area (Å²) < 4.78 is 0. The fourth-order valence-electron chi connectivity index (χ4n) is 6.02. The van der Waals surface area contributed by atoms with Crippen LogP contribution in [-0.4, -0.2) is 98.6 Å². The molecule has 2 aromatic carbocycles. The summed E-state index contributed by atoms with van der Waals surface area (Å²) >= 11 is 0. The minimum atomic E-state index is -0.314. The number of likely N-dealkylation sites (tertiary alicyclic amines) is 2. The maximum absolute atomic E-state index is 13.2. The number of aromatic hydroxyl groups is 3. The summed E-state index contributed by atoms with van der Waals surface area (Å²) in [6.07, 6.45) is 5.94. The Morgan fingerprint density at radius 3 is 2.36 bits per heavy atom. The van der Waals surface area contributed by atoms with Gasteiger partial charge in [-0.2, -0.15) is 0 Å². The van der Waals surface area contributed by atoms with Crippen LogP contribution in [0.3, 0.4) is 0 Å². The summed E-state index contributed by atoms with van der Waals surface area (Å²) in [6.45, 7) is 11.0. The van der Waals surface area contributed by atoms with Gasteiger partial charge in [0, 0.05) is 30.4 Å². The van der Waals surface area contributed by atoms with Crippen molar-refractivity contribution < 1.29 is 20.1 Å². The second-order valence-electron chi connectivity index (χ2n) is 10.5. The zero-order valence-corrected chi connectivity index (χ0v) is 22.9. The zero-order chi connectivity index (χ0) is 27.7. The number of carbonyl (C=O) groups is 1. The molecule has 1 amide bonds. The third-order valence-electron chi connectivity index (χ3n) is 8.34. The summed E-state index contributed by atoms with van der Waals surface area (Å²) in [5, 5.41) is 35.5. The molecule has 2 fully saturated rings. The number of amides is 1. The van der Waals surface area contributed by atoms with Crippen molar-refractivity contribution in [2.45, 2.75) is 58.5 Å². The number of likely N-dealkylation sites (N-methyl/N-ethyl adjacent to an activating group) is 2. The van der Waals surface area contributed by atoms with Gasteiger partial charge in [0.05, 0.1) is 17.7 Å². The number of hydrogen-bond donors (Lipinski definition) is 4. The number of nitrogens with one attached hydrogen (secondary N) is 1. The van der Waals surface area contributed by atoms with Gasteiger partial charge >= 0.3 is 0 Å². The van der Waals surface area contributed by atoms with Gasteiger partial charge in [0.25, 0.3) is 5.91 Å². The lowest BCUT2D eigenvalue weighted by Gasteiger charge is -2.23. The Morgan fingerprint density at radius 2 is 1.64 bits per heavy atom. The molecular formula is C29H38N6O4. The van der Waals surface area contributed by atoms with E-state index in [9.17, 15) is 20.1 Å². The number of benzene rings is 2. The van der Waals surface area contributed by atoms with E-state index in [0.29, 0.717) is 30.7 Å². The first-order valence-electron chi connectivity index (χ1n) is 14.0. The largest absolute Gasteiger partial charge is 0.507 e. The van der Waals surface area contributed by atoms with Crippen molar-refractivity contribution in [1.29, 1.82) is 0 Å². The molecule has 0 saturated carbocycles. The summed E-state index contributed by atoms with van der Waals surface area (Å²) in [7, 11) is 0. The molecule has 0 radical (unpaired) electrons. The van der Waals surface area contributed by atoms with Crippen LogP contribution in [0.1, 0.15) is 61.0 Å². The summed E-state index contributed by atoms with van der Waals surface area (Å²) in [5.41, 5.74) is 1.50. The molecule has 2 saturated heterocycles. The third kappa shape index (κ3) is 5.10. The Morgan fingerprint density at radius 1 is 0.974 bits per heavy atom. The number of phenolic OH excluding ortho intramolecular Hbond substituents is 3. The molecule has 5 rings (SSSR count). The Balaban J connectivity index is 1.52. The summed E-state index contributed by atoms with van der Waals surface area (Å²) in [5.74, 6) is -0.816. The van der Waals surface area contributed by atoms with E-state index < -0.39 is 0 Å². The van der Waals surface area contributed by atoms with Crippen LogP contribution in [0.25, 0.3) is 22.1 Å². The molecule has 4 N–H and O–H groups in total. The molecule has 0 spiro atoms. The number of aliphatic imine (C=N–C) groups is 1. The molecule has 10 nitrogen and oxygen atoms in total. The van der Waals surface area contributed by atoms with Crippen LogP contribution in [0, 0.1) is 6.92 Å². The Bertz CT molecular complexity index is 1420. The lowest BCUT2D eigenvalue weighted by atomic mass is 10.0. The van der Waals surface area contributed by atoms with Gasteiger partial charge in [-0.1, -0.05) is 13.8 Å². The van der Waals surface area contributed by atoms with Crippen LogP contribution in [0.2, 0.25) is 0 Å². The van der Waals surface area contributed by atoms with E-state index in [4.69, 9.17) is 0 Å². The van der Waals surface area contributed by atoms with E-state index >= 15 is 0 Å². The van der Waals surface area contributed by atoms with Gasteiger partial charge in [-0.3, -0.25) is 19.6 Å². The molecule has 2 atom stereocenters. The van der Waals surface area contributed by atoms with Gasteiger partial charge in [0.1, 0.15) is 39.3 Å². The second-order valence-corrected chi connectivity index (χ2v) is 10.5. The fourth-order valence-corrected chi connectivity index (χ4v) is 6.02. The molecular weight excluding hydrogens is 496 g/mol. The summed E-state index contributed by atoms with van der Waals surface area (Å²) in [4.78, 5) is 31.8. The molecule has 0 aliphatic carbocycles. The molecule has 3 heterocycles. The van der Waals surface area contributed by atoms with Crippen LogP contribution in [0.15, 0.2) is 17.1 Å². The molecule has 208 valence electrons. The van der Waals surface area contributed by atoms with Crippen LogP contribution < -0.4 is 5.32 Å². The fraction of sp³-hybridized carbons (Fsp3) is 0.517. The van der Waals surface area contributed by atoms with Crippen molar-refractivity contribution in [1.82, 2.24) is 25.1 Å². The van der Waals surface area contributed by atoms with Crippen LogP contribution in [-0.2, 0) is 0 Å². The first-order valence-corrected chi connectivity index (χ1v) is 14.0. The SMILES string of the molecule is CCN1CCCC1CN=Cc1c(O)c(C)c(O)c2nc3c(C(=O)NCC4CCCN4CC)ccc(O)c3nc12. The molecule has 2 aliphatic rings. The number of carbonyl (C=O) groups excluding carboxylic acids is 1. The number of nitrogens with zero attached hydrogens (tertiary/aromatic N) is 5. The Labute approximate surface area is 228 Å². The zero-order valence-electron chi connectivity index (χ0n) is 22.9. The highest BCUT2D eigenvalue weighted by atomic mass is 16.3. The maximum atomic E-state index is 13.2. The van der Waals surface area contributed by atoms with E-state index in [-0.39, 0.29) is 56.3 Å². The minimum Gasteiger partial charge on any atom is -0.507 e. The Kier molecular flexibility index (Phi) is 7.86. The van der Waals surface area contributed by atoms with Crippen molar-refractivity contribution in [2.75, 3.05) is 39.3 Å². The lowest BCUT2D eigenvalue weighted by molar-refractivity contribution is 0.0943. The average Bonchev–Trinajstić information content (AvgIpc) is 3.61. The molecule has 1 aromatic heterocycles. The Hall–Kier alpha value is -3.50. The van der Waals surface area contributed by atoms with Crippen LogP contribution in [0.5, 0.6) is 17.2 Å². The van der Waals surface area contributed by atoms with Crippen LogP contribution in [0.4, 0.5) is 0 Å². The van der Waals surface area contributed by atoms with Crippen molar-refractivity contribution in [3.05, 3.63) is 28.8 Å². The predicted octanol–water partition coefficient (Wildman–Crippen LogP) is 3.33. The molecule has 39 heavy (non-hydrogen) atoms. The van der Waals surface area contributed by atoms with Crippen molar-refractivity contribution in [3.8, 4) is 17.2 Å². The standard InChI is InChI=1S/C29H38N6O4/c1-4-34-12-6-8-18(34)14-30-16-21-24-26(28(38)17(3)27(21)37)33-23-20(10-11-22(36)25(23)32-24)29(39)31-15-19-9-7-13-35(19)5-2/h10-11,16,18-19,36-38H,4-9,12-15H2,1-3H3,(H,31,39). The van der Waals surface area contributed by atoms with Gasteiger partial charge in [-0.25, -0.2) is 9.97 Å². The number of fused-ring (bicyclic) bond motifs is 2. The predicted molar refractivity (Wildman–Crippen MR) is 152 cm³/mol. The van der Waals surface area contributed by atoms with Crippen molar-refractivity contribution >= 4 is 34.2 Å². The van der Waals surface area contributed by atoms with E-state index in [0.717, 1.165) is 51.9 Å². The van der Waals surface area contributed by atoms with E-state index in [1.165, 1.54) is 12.1 Å². The number of phenols is 3. The smallest absolute Gasteiger partial charge is 0.253 e. The first kappa shape index (κ1) is 27.1. The molecule has 2 aliphatic heterocycles. The number of hydrogen-bond acceptors (Lipinski definition) is 9. The molecule has 0 bridgehead atoms. The highest BCUT2D eigenvalue weighted by molar-refractivity contribution is 6.10. The van der Waals surface area contributed by atoms with Gasteiger partial charge < -0.3 is 20.6 Å². The molecule has 3 aromatic rings. The number of rotatable bonds is 8. The molecule has 2 unspecified atom stereocenters. The molecule has 10 heteroatoms. The highest BCUT2D eigenvalue weighted by Crippen LogP contribution is 2.39. The monoisotopic (exact) mass is 534 g/mol. The van der Waals surface area contributed by atoms with Gasteiger partial charge in [-0.05, 0) is 70.9 Å². The first-order chi connectivity index (χ1) is 18.8. The van der Waals surface area contributed by atoms with Crippen LogP contribution >= 0.6 is 0 Å². The lowest BCUT2D eigenvalue weighted by Crippen LogP contribution is -2.40. The van der Waals surface area contributed by atoms with Gasteiger partial charge in [0.15, 0.2) is 0 Å². The summed E-state index contributed by atoms with van der Waals surface area (Å²) in [6, 6.07) is 3.59. The number of aromatic nitrogens is 2. The van der Waals surface area contributed by atoms with Crippen molar-refractivity contribution in [2.24, 2.45) is 4.99 Å². The van der Waals surface area contributed by atoms with E-state index in [1.54, 1.807) is 13.1 Å².